The first-order valence-corrected chi connectivity index (χ1v) is 8.74. The van der Waals surface area contributed by atoms with Crippen molar-refractivity contribution in [2.45, 2.75) is 6.92 Å². The molecule has 0 unspecified atom stereocenters. The summed E-state index contributed by atoms with van der Waals surface area (Å²) in [6.07, 6.45) is 0. The molecule has 0 saturated carbocycles. The predicted molar refractivity (Wildman–Crippen MR) is 106 cm³/mol. The van der Waals surface area contributed by atoms with Gasteiger partial charge in [-0.2, -0.15) is 0 Å². The van der Waals surface area contributed by atoms with Crippen LogP contribution in [0.2, 0.25) is 20.1 Å². The van der Waals surface area contributed by atoms with E-state index in [1.54, 1.807) is 0 Å². The molecule has 0 spiro atoms. The van der Waals surface area contributed by atoms with E-state index in [1.165, 1.54) is 13.0 Å². The number of hydrogen-bond acceptors (Lipinski definition) is 7. The monoisotopic (exact) mass is 468 g/mol. The highest BCUT2D eigenvalue weighted by Gasteiger charge is 2.35. The molecule has 14 heteroatoms. The van der Waals surface area contributed by atoms with Crippen LogP contribution in [0.15, 0.2) is 18.2 Å². The molecule has 2 aromatic carbocycles. The molecule has 0 bridgehead atoms. The maximum atomic E-state index is 11.5. The lowest BCUT2D eigenvalue weighted by atomic mass is 10.1. The fourth-order valence-electron chi connectivity index (χ4n) is 2.46. The van der Waals surface area contributed by atoms with E-state index >= 15 is 0 Å². The number of nitro benzene ring substituents is 3. The third-order valence-electron chi connectivity index (χ3n) is 3.62. The summed E-state index contributed by atoms with van der Waals surface area (Å²) in [5.41, 5.74) is -3.04. The molecule has 0 atom stereocenters. The molecular formula is C14H8Cl4N4O6. The Balaban J connectivity index is 2.93. The van der Waals surface area contributed by atoms with Gasteiger partial charge in [-0.1, -0.05) is 46.4 Å². The minimum absolute atomic E-state index is 0.00335. The number of halogens is 4. The fraction of sp³-hybridized carbons (Fsp3) is 0.143. The van der Waals surface area contributed by atoms with Gasteiger partial charge in [-0.25, -0.2) is 0 Å². The molecule has 0 heterocycles. The van der Waals surface area contributed by atoms with E-state index in [2.05, 4.69) is 0 Å². The van der Waals surface area contributed by atoms with Gasteiger partial charge in [0.25, 0.3) is 5.69 Å². The summed E-state index contributed by atoms with van der Waals surface area (Å²) in [5.74, 6) is 0. The van der Waals surface area contributed by atoms with Crippen LogP contribution in [-0.4, -0.2) is 21.3 Å². The third kappa shape index (κ3) is 3.90. The molecule has 0 aromatic heterocycles. The first-order chi connectivity index (χ1) is 13.0. The van der Waals surface area contributed by atoms with E-state index in [9.17, 15) is 30.3 Å². The Kier molecular flexibility index (Phi) is 6.50. The van der Waals surface area contributed by atoms with Crippen molar-refractivity contribution in [1.29, 1.82) is 0 Å². The number of anilines is 2. The SMILES string of the molecule is CCN(c1cc(Cl)c(Cl)c(Cl)c1Cl)c1c([N+](=O)[O-])cc([N+](=O)[O-])cc1[N+](=O)[O-]. The highest BCUT2D eigenvalue weighted by molar-refractivity contribution is 6.52. The van der Waals surface area contributed by atoms with Crippen molar-refractivity contribution < 1.29 is 14.8 Å². The molecule has 0 aliphatic carbocycles. The number of non-ortho nitro benzene ring substituents is 1. The summed E-state index contributed by atoms with van der Waals surface area (Å²) in [6.45, 7) is 1.48. The van der Waals surface area contributed by atoms with Gasteiger partial charge in [0.15, 0.2) is 5.69 Å². The highest BCUT2D eigenvalue weighted by Crippen LogP contribution is 2.49. The minimum atomic E-state index is -0.969. The molecule has 28 heavy (non-hydrogen) atoms. The molecule has 0 amide bonds. The van der Waals surface area contributed by atoms with Crippen molar-refractivity contribution in [3.05, 3.63) is 68.6 Å². The lowest BCUT2D eigenvalue weighted by Gasteiger charge is -2.24. The second-order valence-corrected chi connectivity index (χ2v) is 6.71. The Morgan fingerprint density at radius 2 is 1.32 bits per heavy atom. The first-order valence-electron chi connectivity index (χ1n) is 7.22. The molecule has 0 N–H and O–H groups in total. The van der Waals surface area contributed by atoms with Gasteiger partial charge in [0.1, 0.15) is 0 Å². The molecule has 0 fully saturated rings. The summed E-state index contributed by atoms with van der Waals surface area (Å²) in [7, 11) is 0. The lowest BCUT2D eigenvalue weighted by Crippen LogP contribution is -2.20. The van der Waals surface area contributed by atoms with Gasteiger partial charge in [-0.15, -0.1) is 0 Å². The zero-order valence-corrected chi connectivity index (χ0v) is 16.7. The standard InChI is InChI=1S/C14H8Cl4N4O6/c1-2-19(8-5-7(15)11(16)13(18)12(8)17)14-9(21(25)26)3-6(20(23)24)4-10(14)22(27)28/h3-5H,2H2,1H3. The lowest BCUT2D eigenvalue weighted by molar-refractivity contribution is -0.402. The number of nitro groups is 3. The van der Waals surface area contributed by atoms with Crippen molar-refractivity contribution in [1.82, 2.24) is 0 Å². The molecule has 2 rings (SSSR count). The van der Waals surface area contributed by atoms with Gasteiger partial charge < -0.3 is 4.90 Å². The molecule has 148 valence electrons. The Hall–Kier alpha value is -2.40. The Bertz CT molecular complexity index is 981. The van der Waals surface area contributed by atoms with E-state index in [-0.39, 0.29) is 32.3 Å². The molecule has 2 aromatic rings. The van der Waals surface area contributed by atoms with E-state index < -0.39 is 37.5 Å². The van der Waals surface area contributed by atoms with Crippen LogP contribution in [0.1, 0.15) is 6.92 Å². The van der Waals surface area contributed by atoms with Crippen molar-refractivity contribution in [3.8, 4) is 0 Å². The molecule has 0 radical (unpaired) electrons. The summed E-state index contributed by atoms with van der Waals surface area (Å²) < 4.78 is 0. The summed E-state index contributed by atoms with van der Waals surface area (Å²) in [5, 5.41) is 33.7. The van der Waals surface area contributed by atoms with Crippen LogP contribution in [0.4, 0.5) is 28.4 Å². The van der Waals surface area contributed by atoms with Gasteiger partial charge in [0.2, 0.25) is 0 Å². The van der Waals surface area contributed by atoms with Crippen LogP contribution in [0.5, 0.6) is 0 Å². The normalized spacial score (nSPS) is 10.6. The summed E-state index contributed by atoms with van der Waals surface area (Å²) in [4.78, 5) is 32.3. The topological polar surface area (TPSA) is 133 Å². The number of hydrogen-bond donors (Lipinski definition) is 0. The highest BCUT2D eigenvalue weighted by atomic mass is 35.5. The van der Waals surface area contributed by atoms with Gasteiger partial charge in [-0.05, 0) is 13.0 Å². The quantitative estimate of drug-likeness (QED) is 0.213. The second kappa shape index (κ2) is 8.31. The van der Waals surface area contributed by atoms with E-state index in [4.69, 9.17) is 46.4 Å². The fourth-order valence-corrected chi connectivity index (χ4v) is 3.35. The average molecular weight is 470 g/mol. The average Bonchev–Trinajstić information content (AvgIpc) is 2.63. The zero-order valence-electron chi connectivity index (χ0n) is 13.7. The van der Waals surface area contributed by atoms with Crippen molar-refractivity contribution in [2.24, 2.45) is 0 Å². The number of nitrogens with zero attached hydrogens (tertiary/aromatic N) is 4. The van der Waals surface area contributed by atoms with Gasteiger partial charge in [0.05, 0.1) is 52.7 Å². The van der Waals surface area contributed by atoms with E-state index in [0.717, 1.165) is 4.90 Å². The zero-order chi connectivity index (χ0) is 21.3. The maximum absolute atomic E-state index is 11.5. The predicted octanol–water partition coefficient (Wildman–Crippen LogP) is 6.18. The van der Waals surface area contributed by atoms with E-state index in [0.29, 0.717) is 12.1 Å². The maximum Gasteiger partial charge on any atom is 0.306 e. The first kappa shape index (κ1) is 21.9. The van der Waals surface area contributed by atoms with Crippen LogP contribution in [0.25, 0.3) is 0 Å². The Morgan fingerprint density at radius 1 is 0.821 bits per heavy atom. The van der Waals surface area contributed by atoms with Gasteiger partial charge in [-0.3, -0.25) is 30.3 Å². The third-order valence-corrected chi connectivity index (χ3v) is 5.36. The van der Waals surface area contributed by atoms with Crippen LogP contribution < -0.4 is 4.90 Å². The van der Waals surface area contributed by atoms with Gasteiger partial charge in [0, 0.05) is 6.54 Å². The summed E-state index contributed by atoms with van der Waals surface area (Å²) >= 11 is 24.1. The van der Waals surface area contributed by atoms with Gasteiger partial charge >= 0.3 is 11.4 Å². The minimum Gasteiger partial charge on any atom is -0.329 e. The summed E-state index contributed by atoms with van der Waals surface area (Å²) in [6, 6.07) is 2.48. The largest absolute Gasteiger partial charge is 0.329 e. The van der Waals surface area contributed by atoms with Crippen LogP contribution in [0, 0.1) is 30.3 Å². The van der Waals surface area contributed by atoms with Crippen molar-refractivity contribution >= 4 is 74.8 Å². The molecular weight excluding hydrogens is 462 g/mol. The number of rotatable bonds is 6. The Morgan fingerprint density at radius 3 is 1.71 bits per heavy atom. The number of benzene rings is 2. The smallest absolute Gasteiger partial charge is 0.306 e. The Labute approximate surface area is 176 Å². The van der Waals surface area contributed by atoms with Crippen LogP contribution in [0.3, 0.4) is 0 Å². The van der Waals surface area contributed by atoms with E-state index in [1.807, 2.05) is 0 Å². The van der Waals surface area contributed by atoms with Crippen LogP contribution in [-0.2, 0) is 0 Å². The van der Waals surface area contributed by atoms with Crippen molar-refractivity contribution in [3.63, 3.8) is 0 Å². The van der Waals surface area contributed by atoms with Crippen LogP contribution >= 0.6 is 46.4 Å². The molecule has 0 saturated heterocycles. The molecule has 0 aliphatic rings. The second-order valence-electron chi connectivity index (χ2n) is 5.17. The molecule has 0 aliphatic heterocycles. The molecule has 10 nitrogen and oxygen atoms in total. The van der Waals surface area contributed by atoms with Crippen molar-refractivity contribution in [2.75, 3.05) is 11.4 Å².